The molecule has 164 valence electrons. The second kappa shape index (κ2) is 11.2. The van der Waals surface area contributed by atoms with Crippen LogP contribution >= 0.6 is 11.8 Å². The average Bonchev–Trinajstić information content (AvgIpc) is 2.79. The number of amides is 2. The smallest absolute Gasteiger partial charge is 0.337 e. The fourth-order valence-corrected chi connectivity index (χ4v) is 3.96. The fraction of sp³-hybridized carbons (Fsp3) is 0.381. The van der Waals surface area contributed by atoms with Gasteiger partial charge in [-0.3, -0.25) is 14.4 Å². The molecule has 9 nitrogen and oxygen atoms in total. The summed E-state index contributed by atoms with van der Waals surface area (Å²) in [6, 6.07) is 8.15. The van der Waals surface area contributed by atoms with Gasteiger partial charge in [0.2, 0.25) is 11.8 Å². The third kappa shape index (κ3) is 5.64. The molecule has 0 aliphatic carbocycles. The van der Waals surface area contributed by atoms with E-state index in [4.69, 9.17) is 4.74 Å². The highest BCUT2D eigenvalue weighted by atomic mass is 32.2. The Morgan fingerprint density at radius 2 is 1.87 bits per heavy atom. The molecular weight excluding hydrogens is 422 g/mol. The number of esters is 2. The van der Waals surface area contributed by atoms with E-state index < -0.39 is 29.7 Å². The van der Waals surface area contributed by atoms with Crippen molar-refractivity contribution in [3.8, 4) is 6.07 Å². The Hall–Kier alpha value is -3.32. The topological polar surface area (TPSA) is 135 Å². The zero-order chi connectivity index (χ0) is 23.0. The van der Waals surface area contributed by atoms with E-state index in [2.05, 4.69) is 21.4 Å². The van der Waals surface area contributed by atoms with Crippen LogP contribution in [0.1, 0.15) is 35.2 Å². The minimum Gasteiger partial charge on any atom is -0.468 e. The lowest BCUT2D eigenvalue weighted by molar-refractivity contribution is -0.150. The van der Waals surface area contributed by atoms with Gasteiger partial charge >= 0.3 is 11.9 Å². The molecule has 31 heavy (non-hydrogen) atoms. The van der Waals surface area contributed by atoms with Gasteiger partial charge in [-0.25, -0.2) is 4.79 Å². The second-order valence-corrected chi connectivity index (χ2v) is 7.56. The van der Waals surface area contributed by atoms with Crippen LogP contribution in [0.2, 0.25) is 0 Å². The van der Waals surface area contributed by atoms with Crippen LogP contribution in [0, 0.1) is 17.2 Å². The molecule has 0 unspecified atom stereocenters. The molecule has 2 atom stereocenters. The summed E-state index contributed by atoms with van der Waals surface area (Å²) in [7, 11) is 2.41. The Kier molecular flexibility index (Phi) is 8.63. The van der Waals surface area contributed by atoms with Crippen LogP contribution in [-0.2, 0) is 23.9 Å². The number of nitrogens with zero attached hydrogens (tertiary/aromatic N) is 1. The predicted molar refractivity (Wildman–Crippen MR) is 113 cm³/mol. The number of hydrogen-bond acceptors (Lipinski definition) is 8. The third-order valence-electron chi connectivity index (χ3n) is 4.59. The van der Waals surface area contributed by atoms with E-state index in [1.807, 2.05) is 6.92 Å². The first-order chi connectivity index (χ1) is 14.9. The molecule has 0 spiro atoms. The number of carbonyl (C=O) groups excluding carboxylic acids is 4. The van der Waals surface area contributed by atoms with E-state index in [0.717, 1.165) is 25.3 Å². The van der Waals surface area contributed by atoms with Crippen molar-refractivity contribution in [1.82, 2.24) is 10.6 Å². The molecule has 1 heterocycles. The SMILES string of the molecule is CCCNC(=O)CSC1=C(C#N)[C@H](c2ccc(C(=O)OC)cc2)[C@@H](C(=O)OC)C(=O)N1. The Bertz CT molecular complexity index is 935. The third-order valence-corrected chi connectivity index (χ3v) is 5.61. The van der Waals surface area contributed by atoms with E-state index in [0.29, 0.717) is 12.1 Å². The fourth-order valence-electron chi connectivity index (χ4n) is 3.08. The number of allylic oxidation sites excluding steroid dienone is 1. The van der Waals surface area contributed by atoms with Crippen LogP contribution in [0.25, 0.3) is 0 Å². The Labute approximate surface area is 184 Å². The largest absolute Gasteiger partial charge is 0.468 e. The highest BCUT2D eigenvalue weighted by molar-refractivity contribution is 8.03. The van der Waals surface area contributed by atoms with Crippen molar-refractivity contribution < 1.29 is 28.7 Å². The van der Waals surface area contributed by atoms with Gasteiger partial charge in [-0.2, -0.15) is 5.26 Å². The molecule has 0 radical (unpaired) electrons. The van der Waals surface area contributed by atoms with Crippen molar-refractivity contribution in [2.45, 2.75) is 19.3 Å². The average molecular weight is 445 g/mol. The number of methoxy groups -OCH3 is 2. The predicted octanol–water partition coefficient (Wildman–Crippen LogP) is 1.47. The minimum atomic E-state index is -1.29. The van der Waals surface area contributed by atoms with Gasteiger partial charge < -0.3 is 20.1 Å². The van der Waals surface area contributed by atoms with Crippen LogP contribution in [0.15, 0.2) is 34.9 Å². The maximum atomic E-state index is 12.7. The molecule has 2 amide bonds. The van der Waals surface area contributed by atoms with Crippen LogP contribution in [0.3, 0.4) is 0 Å². The van der Waals surface area contributed by atoms with E-state index in [1.165, 1.54) is 19.2 Å². The normalized spacial score (nSPS) is 17.9. The molecule has 0 saturated carbocycles. The molecule has 2 rings (SSSR count). The van der Waals surface area contributed by atoms with Crippen LogP contribution in [0.4, 0.5) is 0 Å². The van der Waals surface area contributed by atoms with Gasteiger partial charge in [0.15, 0.2) is 0 Å². The summed E-state index contributed by atoms with van der Waals surface area (Å²) in [6.45, 7) is 2.45. The maximum Gasteiger partial charge on any atom is 0.337 e. The maximum absolute atomic E-state index is 12.7. The number of rotatable bonds is 8. The first-order valence-electron chi connectivity index (χ1n) is 9.48. The second-order valence-electron chi connectivity index (χ2n) is 6.57. The number of benzene rings is 1. The first kappa shape index (κ1) is 24.0. The minimum absolute atomic E-state index is 0.00230. The number of hydrogen-bond donors (Lipinski definition) is 2. The molecule has 1 aromatic carbocycles. The van der Waals surface area contributed by atoms with Crippen molar-refractivity contribution in [2.24, 2.45) is 5.92 Å². The summed E-state index contributed by atoms with van der Waals surface area (Å²) in [4.78, 5) is 48.8. The molecule has 0 fully saturated rings. The zero-order valence-corrected chi connectivity index (χ0v) is 18.2. The Balaban J connectivity index is 2.45. The molecule has 0 bridgehead atoms. The molecule has 1 aliphatic rings. The van der Waals surface area contributed by atoms with Crippen LogP contribution in [0.5, 0.6) is 0 Å². The van der Waals surface area contributed by atoms with Crippen molar-refractivity contribution in [3.63, 3.8) is 0 Å². The van der Waals surface area contributed by atoms with E-state index in [9.17, 15) is 24.4 Å². The van der Waals surface area contributed by atoms with Gasteiger partial charge in [0.1, 0.15) is 5.92 Å². The molecule has 0 saturated heterocycles. The summed E-state index contributed by atoms with van der Waals surface area (Å²) < 4.78 is 9.46. The van der Waals surface area contributed by atoms with Crippen molar-refractivity contribution in [1.29, 1.82) is 5.26 Å². The highest BCUT2D eigenvalue weighted by Gasteiger charge is 2.44. The van der Waals surface area contributed by atoms with Gasteiger partial charge in [-0.1, -0.05) is 30.8 Å². The quantitative estimate of drug-likeness (QED) is 0.454. The molecule has 1 aliphatic heterocycles. The summed E-state index contributed by atoms with van der Waals surface area (Å²) in [5, 5.41) is 15.3. The molecule has 1 aromatic rings. The van der Waals surface area contributed by atoms with E-state index in [-0.39, 0.29) is 27.8 Å². The molecule has 0 aromatic heterocycles. The van der Waals surface area contributed by atoms with Crippen molar-refractivity contribution >= 4 is 35.5 Å². The lowest BCUT2D eigenvalue weighted by atomic mass is 9.78. The monoisotopic (exact) mass is 445 g/mol. The zero-order valence-electron chi connectivity index (χ0n) is 17.4. The number of carbonyl (C=O) groups is 4. The molecule has 10 heteroatoms. The lowest BCUT2D eigenvalue weighted by Crippen LogP contribution is -2.44. The summed E-state index contributed by atoms with van der Waals surface area (Å²) in [6.07, 6.45) is 0.781. The Morgan fingerprint density at radius 3 is 2.42 bits per heavy atom. The first-order valence-corrected chi connectivity index (χ1v) is 10.5. The number of nitrogens with one attached hydrogen (secondary N) is 2. The van der Waals surface area contributed by atoms with E-state index >= 15 is 0 Å². The Morgan fingerprint density at radius 1 is 1.19 bits per heavy atom. The standard InChI is InChI=1S/C21H23N3O6S/c1-4-9-23-15(25)11-31-19-14(10-22)16(17(18(26)24-19)21(28)30-3)12-5-7-13(8-6-12)20(27)29-2/h5-8,16-17H,4,9,11H2,1-3H3,(H,23,25)(H,24,26)/t16-,17+/m0/s1. The van der Waals surface area contributed by atoms with Crippen LogP contribution < -0.4 is 10.6 Å². The van der Waals surface area contributed by atoms with Crippen molar-refractivity contribution in [3.05, 3.63) is 46.0 Å². The number of thioether (sulfide) groups is 1. The molecular formula is C21H23N3O6S. The number of nitriles is 1. The highest BCUT2D eigenvalue weighted by Crippen LogP contribution is 2.40. The van der Waals surface area contributed by atoms with Crippen LogP contribution in [-0.4, -0.2) is 50.3 Å². The van der Waals surface area contributed by atoms with E-state index in [1.54, 1.807) is 12.1 Å². The van der Waals surface area contributed by atoms with Gasteiger partial charge in [0.25, 0.3) is 0 Å². The molecule has 2 N–H and O–H groups in total. The van der Waals surface area contributed by atoms with Gasteiger partial charge in [-0.15, -0.1) is 0 Å². The number of ether oxygens (including phenoxy) is 2. The van der Waals surface area contributed by atoms with Crippen molar-refractivity contribution in [2.75, 3.05) is 26.5 Å². The van der Waals surface area contributed by atoms with Gasteiger partial charge in [0, 0.05) is 12.5 Å². The summed E-state index contributed by atoms with van der Waals surface area (Å²) in [5.41, 5.74) is 0.892. The van der Waals surface area contributed by atoms with Gasteiger partial charge in [0.05, 0.1) is 42.2 Å². The lowest BCUT2D eigenvalue weighted by Gasteiger charge is -2.31. The van der Waals surface area contributed by atoms with Gasteiger partial charge in [-0.05, 0) is 24.1 Å². The summed E-state index contributed by atoms with van der Waals surface area (Å²) >= 11 is 1.01. The summed E-state index contributed by atoms with van der Waals surface area (Å²) in [5.74, 6) is -4.43.